The van der Waals surface area contributed by atoms with Gasteiger partial charge >= 0.3 is 0 Å². The first-order valence-corrected chi connectivity index (χ1v) is 7.47. The lowest BCUT2D eigenvalue weighted by atomic mass is 10.00. The first-order chi connectivity index (χ1) is 9.81. The van der Waals surface area contributed by atoms with Crippen LogP contribution in [0.4, 0.5) is 0 Å². The van der Waals surface area contributed by atoms with Gasteiger partial charge in [-0.25, -0.2) is 0 Å². The van der Waals surface area contributed by atoms with Crippen LogP contribution in [0.1, 0.15) is 48.4 Å². The van der Waals surface area contributed by atoms with Crippen LogP contribution < -0.4 is 0 Å². The third-order valence-electron chi connectivity index (χ3n) is 4.14. The van der Waals surface area contributed by atoms with Crippen LogP contribution in [-0.2, 0) is 12.8 Å². The molecule has 2 aromatic rings. The molecule has 2 aromatic carbocycles. The fourth-order valence-corrected chi connectivity index (χ4v) is 3.07. The van der Waals surface area contributed by atoms with Crippen LogP contribution in [0.5, 0.6) is 0 Å². The summed E-state index contributed by atoms with van der Waals surface area (Å²) in [5.74, 6) is 0. The molecule has 100 valence electrons. The van der Waals surface area contributed by atoms with Gasteiger partial charge in [0.1, 0.15) is 0 Å². The lowest BCUT2D eigenvalue weighted by Gasteiger charge is -2.05. The molecule has 1 aliphatic rings. The molecule has 3 rings (SSSR count). The van der Waals surface area contributed by atoms with Gasteiger partial charge in [-0.1, -0.05) is 44.0 Å². The van der Waals surface area contributed by atoms with Crippen molar-refractivity contribution >= 4 is 0 Å². The van der Waals surface area contributed by atoms with Crippen molar-refractivity contribution in [2.45, 2.75) is 39.0 Å². The second-order valence-electron chi connectivity index (χ2n) is 5.61. The van der Waals surface area contributed by atoms with Gasteiger partial charge in [0.25, 0.3) is 0 Å². The van der Waals surface area contributed by atoms with Crippen LogP contribution in [0, 0.1) is 11.3 Å². The van der Waals surface area contributed by atoms with Crippen molar-refractivity contribution < 1.29 is 0 Å². The van der Waals surface area contributed by atoms with Gasteiger partial charge in [-0.05, 0) is 59.2 Å². The van der Waals surface area contributed by atoms with E-state index in [1.807, 2.05) is 12.1 Å². The van der Waals surface area contributed by atoms with Crippen LogP contribution in [0.25, 0.3) is 11.1 Å². The summed E-state index contributed by atoms with van der Waals surface area (Å²) in [4.78, 5) is 0. The standard InChI is InChI=1S/C19H19N/c1-2-3-4-5-14-6-8-18-16(10-14)12-17-11-15(13-20)7-9-19(17)18/h6-11H,2-5,12H2,1H3. The maximum atomic E-state index is 9.00. The summed E-state index contributed by atoms with van der Waals surface area (Å²) in [6, 6.07) is 15.2. The van der Waals surface area contributed by atoms with Crippen LogP contribution >= 0.6 is 0 Å². The van der Waals surface area contributed by atoms with Crippen LogP contribution in [0.2, 0.25) is 0 Å². The summed E-state index contributed by atoms with van der Waals surface area (Å²) in [5, 5.41) is 9.00. The minimum Gasteiger partial charge on any atom is -0.192 e. The zero-order valence-corrected chi connectivity index (χ0v) is 11.9. The predicted octanol–water partition coefficient (Wildman–Crippen LogP) is 4.86. The zero-order chi connectivity index (χ0) is 13.9. The number of nitrogens with zero attached hydrogens (tertiary/aromatic N) is 1. The van der Waals surface area contributed by atoms with E-state index in [1.165, 1.54) is 53.5 Å². The number of hydrogen-bond donors (Lipinski definition) is 0. The first kappa shape index (κ1) is 12.9. The molecular weight excluding hydrogens is 242 g/mol. The SMILES string of the molecule is CCCCCc1ccc2c(c1)Cc1cc(C#N)ccc1-2. The van der Waals surface area contributed by atoms with E-state index in [0.29, 0.717) is 0 Å². The van der Waals surface area contributed by atoms with Crippen molar-refractivity contribution in [2.24, 2.45) is 0 Å². The van der Waals surface area contributed by atoms with E-state index in [9.17, 15) is 0 Å². The Morgan fingerprint density at radius 3 is 2.50 bits per heavy atom. The second-order valence-corrected chi connectivity index (χ2v) is 5.61. The summed E-state index contributed by atoms with van der Waals surface area (Å²) in [6.45, 7) is 2.24. The molecule has 20 heavy (non-hydrogen) atoms. The Labute approximate surface area is 120 Å². The average Bonchev–Trinajstić information content (AvgIpc) is 2.84. The highest BCUT2D eigenvalue weighted by atomic mass is 14.3. The highest BCUT2D eigenvalue weighted by molar-refractivity contribution is 5.77. The number of aryl methyl sites for hydroxylation is 1. The van der Waals surface area contributed by atoms with Crippen molar-refractivity contribution in [3.8, 4) is 17.2 Å². The molecule has 0 spiro atoms. The Hall–Kier alpha value is -2.07. The summed E-state index contributed by atoms with van der Waals surface area (Å²) in [5.41, 5.74) is 7.59. The van der Waals surface area contributed by atoms with Gasteiger partial charge in [0.15, 0.2) is 0 Å². The lowest BCUT2D eigenvalue weighted by Crippen LogP contribution is -1.88. The van der Waals surface area contributed by atoms with Crippen molar-refractivity contribution in [1.82, 2.24) is 0 Å². The number of hydrogen-bond acceptors (Lipinski definition) is 1. The highest BCUT2D eigenvalue weighted by Gasteiger charge is 2.18. The Bertz CT molecular complexity index is 677. The molecule has 0 aromatic heterocycles. The molecule has 0 atom stereocenters. The van der Waals surface area contributed by atoms with Crippen molar-refractivity contribution in [2.75, 3.05) is 0 Å². The molecule has 0 unspecified atom stereocenters. The van der Waals surface area contributed by atoms with E-state index < -0.39 is 0 Å². The quantitative estimate of drug-likeness (QED) is 0.615. The van der Waals surface area contributed by atoms with Gasteiger partial charge in [-0.2, -0.15) is 5.26 Å². The van der Waals surface area contributed by atoms with E-state index in [1.54, 1.807) is 0 Å². The zero-order valence-electron chi connectivity index (χ0n) is 11.9. The Balaban J connectivity index is 1.87. The Morgan fingerprint density at radius 1 is 1.00 bits per heavy atom. The minimum absolute atomic E-state index is 0.764. The van der Waals surface area contributed by atoms with Crippen molar-refractivity contribution in [1.29, 1.82) is 5.26 Å². The number of rotatable bonds is 4. The van der Waals surface area contributed by atoms with E-state index in [2.05, 4.69) is 37.3 Å². The summed E-state index contributed by atoms with van der Waals surface area (Å²) in [7, 11) is 0. The molecule has 0 fully saturated rings. The molecule has 0 N–H and O–H groups in total. The van der Waals surface area contributed by atoms with E-state index >= 15 is 0 Å². The fraction of sp³-hybridized carbons (Fsp3) is 0.316. The summed E-state index contributed by atoms with van der Waals surface area (Å²) in [6.07, 6.45) is 6.01. The molecule has 0 saturated heterocycles. The van der Waals surface area contributed by atoms with Crippen molar-refractivity contribution in [3.63, 3.8) is 0 Å². The summed E-state index contributed by atoms with van der Waals surface area (Å²) < 4.78 is 0. The molecule has 1 aliphatic carbocycles. The van der Waals surface area contributed by atoms with Crippen LogP contribution in [-0.4, -0.2) is 0 Å². The molecule has 1 heteroatoms. The average molecular weight is 261 g/mol. The van der Waals surface area contributed by atoms with Crippen LogP contribution in [0.3, 0.4) is 0 Å². The first-order valence-electron chi connectivity index (χ1n) is 7.47. The molecule has 0 saturated carbocycles. The molecule has 0 amide bonds. The van der Waals surface area contributed by atoms with Gasteiger partial charge in [0.2, 0.25) is 0 Å². The van der Waals surface area contributed by atoms with E-state index in [4.69, 9.17) is 5.26 Å². The topological polar surface area (TPSA) is 23.8 Å². The molecular formula is C19H19N. The molecule has 0 radical (unpaired) electrons. The second kappa shape index (κ2) is 5.51. The third-order valence-corrected chi connectivity index (χ3v) is 4.14. The fourth-order valence-electron chi connectivity index (χ4n) is 3.07. The van der Waals surface area contributed by atoms with E-state index in [-0.39, 0.29) is 0 Å². The van der Waals surface area contributed by atoms with Crippen LogP contribution in [0.15, 0.2) is 36.4 Å². The van der Waals surface area contributed by atoms with Crippen molar-refractivity contribution in [3.05, 3.63) is 58.7 Å². The van der Waals surface area contributed by atoms with Gasteiger partial charge in [-0.15, -0.1) is 0 Å². The van der Waals surface area contributed by atoms with Gasteiger partial charge in [0.05, 0.1) is 11.6 Å². The van der Waals surface area contributed by atoms with Gasteiger partial charge in [-0.3, -0.25) is 0 Å². The monoisotopic (exact) mass is 261 g/mol. The van der Waals surface area contributed by atoms with Gasteiger partial charge in [0, 0.05) is 0 Å². The Kier molecular flexibility index (Phi) is 3.56. The van der Waals surface area contributed by atoms with E-state index in [0.717, 1.165) is 12.0 Å². The molecule has 0 aliphatic heterocycles. The normalized spacial score (nSPS) is 11.8. The maximum absolute atomic E-state index is 9.00. The largest absolute Gasteiger partial charge is 0.192 e. The highest BCUT2D eigenvalue weighted by Crippen LogP contribution is 2.37. The molecule has 0 heterocycles. The van der Waals surface area contributed by atoms with Gasteiger partial charge < -0.3 is 0 Å². The third kappa shape index (κ3) is 2.34. The minimum atomic E-state index is 0.764. The number of benzene rings is 2. The molecule has 1 nitrogen and oxygen atoms in total. The number of nitriles is 1. The Morgan fingerprint density at radius 2 is 1.75 bits per heavy atom. The number of fused-ring (bicyclic) bond motifs is 3. The summed E-state index contributed by atoms with van der Waals surface area (Å²) >= 11 is 0. The smallest absolute Gasteiger partial charge is 0.0991 e. The number of unbranched alkanes of at least 4 members (excludes halogenated alkanes) is 2. The lowest BCUT2D eigenvalue weighted by molar-refractivity contribution is 0.717. The maximum Gasteiger partial charge on any atom is 0.0991 e. The molecule has 0 bridgehead atoms. The predicted molar refractivity (Wildman–Crippen MR) is 82.6 cm³/mol.